The molecule has 2 heterocycles. The molecular formula is C18H31N3O3. The van der Waals surface area contributed by atoms with Crippen LogP contribution in [-0.4, -0.2) is 67.2 Å². The molecule has 1 N–H and O–H groups in total. The molecule has 0 aliphatic carbocycles. The Balaban J connectivity index is 1.77. The van der Waals surface area contributed by atoms with Gasteiger partial charge in [0.2, 0.25) is 5.91 Å². The molecule has 2 amide bonds. The van der Waals surface area contributed by atoms with Crippen molar-refractivity contribution in [2.75, 3.05) is 39.3 Å². The Morgan fingerprint density at radius 3 is 2.58 bits per heavy atom. The molecule has 2 aliphatic rings. The van der Waals surface area contributed by atoms with Crippen LogP contribution in [-0.2, 0) is 9.53 Å². The third-order valence-corrected chi connectivity index (χ3v) is 5.06. The standard InChI is InChI=1S/C18H31N3O3/c1-3-10-19-17(22)15-7-12-20(13-8-15)16-6-5-11-21(14-9-16)18(23)24-4-2/h3,15-16H,1,4-14H2,2H3,(H,19,22). The lowest BCUT2D eigenvalue weighted by molar-refractivity contribution is -0.126. The van der Waals surface area contributed by atoms with Gasteiger partial charge >= 0.3 is 6.09 Å². The summed E-state index contributed by atoms with van der Waals surface area (Å²) in [5.41, 5.74) is 0. The fraction of sp³-hybridized carbons (Fsp3) is 0.778. The number of nitrogens with zero attached hydrogens (tertiary/aromatic N) is 2. The normalized spacial score (nSPS) is 23.4. The van der Waals surface area contributed by atoms with Crippen LogP contribution in [0.15, 0.2) is 12.7 Å². The minimum absolute atomic E-state index is 0.128. The van der Waals surface area contributed by atoms with E-state index in [1.54, 1.807) is 6.08 Å². The van der Waals surface area contributed by atoms with Crippen LogP contribution >= 0.6 is 0 Å². The molecule has 24 heavy (non-hydrogen) atoms. The maximum Gasteiger partial charge on any atom is 0.409 e. The van der Waals surface area contributed by atoms with E-state index in [0.29, 0.717) is 19.2 Å². The highest BCUT2D eigenvalue weighted by Gasteiger charge is 2.30. The van der Waals surface area contributed by atoms with Crippen molar-refractivity contribution >= 4 is 12.0 Å². The lowest BCUT2D eigenvalue weighted by atomic mass is 9.93. The second-order valence-electron chi connectivity index (χ2n) is 6.61. The minimum Gasteiger partial charge on any atom is -0.450 e. The van der Waals surface area contributed by atoms with Crippen LogP contribution in [0.3, 0.4) is 0 Å². The van der Waals surface area contributed by atoms with E-state index >= 15 is 0 Å². The monoisotopic (exact) mass is 337 g/mol. The fourth-order valence-electron chi connectivity index (χ4n) is 3.69. The van der Waals surface area contributed by atoms with E-state index in [0.717, 1.165) is 58.3 Å². The second-order valence-corrected chi connectivity index (χ2v) is 6.61. The first-order valence-corrected chi connectivity index (χ1v) is 9.20. The Bertz CT molecular complexity index is 433. The fourth-order valence-corrected chi connectivity index (χ4v) is 3.69. The predicted molar refractivity (Wildman–Crippen MR) is 93.7 cm³/mol. The number of hydrogen-bond donors (Lipinski definition) is 1. The third-order valence-electron chi connectivity index (χ3n) is 5.06. The van der Waals surface area contributed by atoms with Crippen molar-refractivity contribution in [1.29, 1.82) is 0 Å². The average Bonchev–Trinajstić information content (AvgIpc) is 2.86. The van der Waals surface area contributed by atoms with Gasteiger partial charge in [-0.15, -0.1) is 6.58 Å². The molecule has 136 valence electrons. The maximum absolute atomic E-state index is 12.0. The number of carbonyl (C=O) groups is 2. The number of carbonyl (C=O) groups excluding carboxylic acids is 2. The molecular weight excluding hydrogens is 306 g/mol. The molecule has 0 aromatic heterocycles. The van der Waals surface area contributed by atoms with E-state index < -0.39 is 0 Å². The molecule has 6 heteroatoms. The van der Waals surface area contributed by atoms with Crippen molar-refractivity contribution in [3.05, 3.63) is 12.7 Å². The van der Waals surface area contributed by atoms with Crippen molar-refractivity contribution < 1.29 is 14.3 Å². The number of hydrogen-bond acceptors (Lipinski definition) is 4. The molecule has 0 aromatic rings. The summed E-state index contributed by atoms with van der Waals surface area (Å²) in [5, 5.41) is 2.90. The zero-order chi connectivity index (χ0) is 17.4. The Morgan fingerprint density at radius 1 is 1.17 bits per heavy atom. The van der Waals surface area contributed by atoms with Gasteiger partial charge in [-0.1, -0.05) is 6.08 Å². The number of piperidine rings is 1. The first-order valence-electron chi connectivity index (χ1n) is 9.20. The largest absolute Gasteiger partial charge is 0.450 e. The van der Waals surface area contributed by atoms with E-state index in [1.165, 1.54) is 0 Å². The highest BCUT2D eigenvalue weighted by Crippen LogP contribution is 2.24. The Kier molecular flexibility index (Phi) is 7.56. The first kappa shape index (κ1) is 18.8. The highest BCUT2D eigenvalue weighted by atomic mass is 16.6. The smallest absolute Gasteiger partial charge is 0.409 e. The molecule has 1 atom stereocenters. The zero-order valence-corrected chi connectivity index (χ0v) is 14.8. The van der Waals surface area contributed by atoms with Crippen molar-refractivity contribution in [3.63, 3.8) is 0 Å². The van der Waals surface area contributed by atoms with E-state index in [9.17, 15) is 9.59 Å². The zero-order valence-electron chi connectivity index (χ0n) is 14.8. The summed E-state index contributed by atoms with van der Waals surface area (Å²) in [6, 6.07) is 0.515. The molecule has 0 aromatic carbocycles. The van der Waals surface area contributed by atoms with Crippen LogP contribution in [0.4, 0.5) is 4.79 Å². The summed E-state index contributed by atoms with van der Waals surface area (Å²) in [5.74, 6) is 0.284. The van der Waals surface area contributed by atoms with Crippen molar-refractivity contribution in [3.8, 4) is 0 Å². The van der Waals surface area contributed by atoms with E-state index in [2.05, 4.69) is 16.8 Å². The molecule has 0 saturated carbocycles. The van der Waals surface area contributed by atoms with Gasteiger partial charge in [-0.2, -0.15) is 0 Å². The van der Waals surface area contributed by atoms with Crippen LogP contribution in [0.5, 0.6) is 0 Å². The van der Waals surface area contributed by atoms with Crippen molar-refractivity contribution in [2.24, 2.45) is 5.92 Å². The maximum atomic E-state index is 12.0. The molecule has 2 aliphatic heterocycles. The quantitative estimate of drug-likeness (QED) is 0.780. The minimum atomic E-state index is -0.184. The van der Waals surface area contributed by atoms with Crippen LogP contribution in [0.1, 0.15) is 39.0 Å². The van der Waals surface area contributed by atoms with Crippen LogP contribution in [0.25, 0.3) is 0 Å². The van der Waals surface area contributed by atoms with Crippen molar-refractivity contribution in [2.45, 2.75) is 45.1 Å². The highest BCUT2D eigenvalue weighted by molar-refractivity contribution is 5.78. The molecule has 1 unspecified atom stereocenters. The van der Waals surface area contributed by atoms with Crippen LogP contribution in [0.2, 0.25) is 0 Å². The lowest BCUT2D eigenvalue weighted by Gasteiger charge is -2.36. The summed E-state index contributed by atoms with van der Waals surface area (Å²) in [6.07, 6.45) is 6.49. The van der Waals surface area contributed by atoms with Gasteiger partial charge in [0, 0.05) is 31.6 Å². The van der Waals surface area contributed by atoms with Gasteiger partial charge in [-0.3, -0.25) is 4.79 Å². The molecule has 0 spiro atoms. The average molecular weight is 337 g/mol. The summed E-state index contributed by atoms with van der Waals surface area (Å²) >= 11 is 0. The van der Waals surface area contributed by atoms with Gasteiger partial charge in [0.15, 0.2) is 0 Å². The number of nitrogens with one attached hydrogen (secondary N) is 1. The third kappa shape index (κ3) is 5.23. The molecule has 2 rings (SSSR count). The SMILES string of the molecule is C=CCNC(=O)C1CCN(C2CCCN(C(=O)OCC)CC2)CC1. The van der Waals surface area contributed by atoms with E-state index in [-0.39, 0.29) is 17.9 Å². The number of amides is 2. The van der Waals surface area contributed by atoms with Gasteiger partial charge in [-0.25, -0.2) is 4.79 Å². The number of likely N-dealkylation sites (tertiary alicyclic amines) is 2. The molecule has 6 nitrogen and oxygen atoms in total. The molecule has 2 fully saturated rings. The van der Waals surface area contributed by atoms with E-state index in [4.69, 9.17) is 4.74 Å². The number of rotatable bonds is 5. The van der Waals surface area contributed by atoms with Crippen molar-refractivity contribution in [1.82, 2.24) is 15.1 Å². The predicted octanol–water partition coefficient (Wildman–Crippen LogP) is 2.01. The summed E-state index contributed by atoms with van der Waals surface area (Å²) in [7, 11) is 0. The second kappa shape index (κ2) is 9.67. The first-order chi connectivity index (χ1) is 11.7. The van der Waals surface area contributed by atoms with Gasteiger partial charge < -0.3 is 19.9 Å². The summed E-state index contributed by atoms with van der Waals surface area (Å²) in [6.45, 7) is 9.94. The Hall–Kier alpha value is -1.56. The van der Waals surface area contributed by atoms with Gasteiger partial charge in [0.05, 0.1) is 6.61 Å². The van der Waals surface area contributed by atoms with Gasteiger partial charge in [-0.05, 0) is 52.1 Å². The molecule has 0 bridgehead atoms. The Labute approximate surface area is 145 Å². The lowest BCUT2D eigenvalue weighted by Crippen LogP contribution is -2.45. The van der Waals surface area contributed by atoms with Gasteiger partial charge in [0.25, 0.3) is 0 Å². The van der Waals surface area contributed by atoms with Gasteiger partial charge in [0.1, 0.15) is 0 Å². The van der Waals surface area contributed by atoms with Crippen LogP contribution in [0, 0.1) is 5.92 Å². The molecule has 2 saturated heterocycles. The topological polar surface area (TPSA) is 61.9 Å². The summed E-state index contributed by atoms with van der Waals surface area (Å²) < 4.78 is 5.11. The van der Waals surface area contributed by atoms with E-state index in [1.807, 2.05) is 11.8 Å². The van der Waals surface area contributed by atoms with Crippen LogP contribution < -0.4 is 5.32 Å². The number of ether oxygens (including phenoxy) is 1. The summed E-state index contributed by atoms with van der Waals surface area (Å²) in [4.78, 5) is 28.3. The Morgan fingerprint density at radius 2 is 1.92 bits per heavy atom. The molecule has 0 radical (unpaired) electrons.